The Kier molecular flexibility index (Phi) is 9.65. The molecule has 16 heteroatoms. The van der Waals surface area contributed by atoms with Crippen LogP contribution in [0.5, 0.6) is 5.88 Å². The van der Waals surface area contributed by atoms with Crippen LogP contribution in [-0.4, -0.2) is 60.3 Å². The van der Waals surface area contributed by atoms with Gasteiger partial charge in [-0.2, -0.15) is 0 Å². The fraction of sp³-hybridized carbons (Fsp3) is 0.400. The summed E-state index contributed by atoms with van der Waals surface area (Å²) in [5, 5.41) is 13.2. The average Bonchev–Trinajstić information content (AvgIpc) is 3.77. The first-order valence-corrected chi connectivity index (χ1v) is 19.1. The predicted molar refractivity (Wildman–Crippen MR) is 209 cm³/mol. The number of methoxy groups -OCH3 is 1. The summed E-state index contributed by atoms with van der Waals surface area (Å²) in [7, 11) is 4.21. The van der Waals surface area contributed by atoms with E-state index in [2.05, 4.69) is 20.2 Å². The highest BCUT2D eigenvalue weighted by Crippen LogP contribution is 2.63. The van der Waals surface area contributed by atoms with Crippen LogP contribution >= 0.6 is 23.2 Å². The Morgan fingerprint density at radius 2 is 1.68 bits per heavy atom. The van der Waals surface area contributed by atoms with Gasteiger partial charge in [-0.1, -0.05) is 53.5 Å². The number of nitrogens with one attached hydrogen (secondary N) is 1. The first kappa shape index (κ1) is 38.0. The highest BCUT2D eigenvalue weighted by molar-refractivity contribution is 6.39. The molecule has 0 spiro atoms. The standard InChI is InChI=1S/C40H39Cl2F2N7O5/c1-49-34-28(36(52)50(2)38(49)55)32(47-33(48-34)31(43)44)45-26-9-5-7-24(30(26)42)23-6-4-8-25(29(23)41)27-18-21-19-51(16-10-22(21)35(46-27)56-3)17-15-39-11-13-40(20-39,14-12-39)37(53)54/h4-9,18,31H,10-17,19-20H2,1-3H3,(H,53,54)(H,45,47,48). The molecule has 0 unspecified atom stereocenters. The summed E-state index contributed by atoms with van der Waals surface area (Å²) in [6, 6.07) is 12.6. The van der Waals surface area contributed by atoms with Gasteiger partial charge in [0.15, 0.2) is 11.5 Å². The fourth-order valence-electron chi connectivity index (χ4n) is 9.01. The number of carboxylic acids is 1. The lowest BCUT2D eigenvalue weighted by Crippen LogP contribution is -2.38. The number of aryl methyl sites for hydroxylation is 1. The third-order valence-corrected chi connectivity index (χ3v) is 13.0. The quantitative estimate of drug-likeness (QED) is 0.145. The van der Waals surface area contributed by atoms with Gasteiger partial charge < -0.3 is 15.2 Å². The van der Waals surface area contributed by atoms with Crippen molar-refractivity contribution in [1.29, 1.82) is 0 Å². The van der Waals surface area contributed by atoms with Crippen LogP contribution < -0.4 is 21.3 Å². The number of aliphatic carboxylic acids is 1. The van der Waals surface area contributed by atoms with Crippen LogP contribution in [0.4, 0.5) is 20.3 Å². The van der Waals surface area contributed by atoms with Crippen LogP contribution in [0.3, 0.4) is 0 Å². The van der Waals surface area contributed by atoms with E-state index in [1.165, 1.54) is 14.1 Å². The van der Waals surface area contributed by atoms with Gasteiger partial charge in [-0.25, -0.2) is 28.5 Å². The van der Waals surface area contributed by atoms with E-state index in [1.807, 2.05) is 18.2 Å². The van der Waals surface area contributed by atoms with Crippen LogP contribution in [0.2, 0.25) is 10.0 Å². The largest absolute Gasteiger partial charge is 0.481 e. The van der Waals surface area contributed by atoms with Gasteiger partial charge in [0.25, 0.3) is 12.0 Å². The summed E-state index contributed by atoms with van der Waals surface area (Å²) in [4.78, 5) is 52.9. The maximum Gasteiger partial charge on any atom is 0.332 e. The van der Waals surface area contributed by atoms with Crippen LogP contribution in [0.25, 0.3) is 33.4 Å². The Morgan fingerprint density at radius 1 is 0.982 bits per heavy atom. The maximum absolute atomic E-state index is 13.9. The Balaban J connectivity index is 1.10. The Labute approximate surface area is 330 Å². The highest BCUT2D eigenvalue weighted by atomic mass is 35.5. The second-order valence-corrected chi connectivity index (χ2v) is 16.0. The zero-order valence-corrected chi connectivity index (χ0v) is 32.5. The van der Waals surface area contributed by atoms with Gasteiger partial charge in [-0.05, 0) is 74.6 Å². The molecule has 5 aromatic rings. The number of carboxylic acid groups (broad SMARTS) is 1. The van der Waals surface area contributed by atoms with E-state index in [-0.39, 0.29) is 33.0 Å². The summed E-state index contributed by atoms with van der Waals surface area (Å²) in [6.45, 7) is 2.43. The molecule has 2 N–H and O–H groups in total. The number of ether oxygens (including phenoxy) is 1. The summed E-state index contributed by atoms with van der Waals surface area (Å²) in [6.07, 6.45) is 2.94. The molecule has 2 aromatic carbocycles. The SMILES string of the molecule is COc1nc(-c2cccc(-c3cccc(Nc4nc(C(F)F)nc5c4c(=O)n(C)c(=O)n5C)c3Cl)c2Cl)cc2c1CCN(CCC13CCC(C(=O)O)(CC1)C3)C2. The molecule has 0 radical (unpaired) electrons. The maximum atomic E-state index is 13.9. The van der Waals surface area contributed by atoms with Crippen molar-refractivity contribution < 1.29 is 23.4 Å². The molecule has 0 amide bonds. The number of benzene rings is 2. The second kappa shape index (κ2) is 14.2. The van der Waals surface area contributed by atoms with Crippen LogP contribution in [0.15, 0.2) is 52.1 Å². The van der Waals surface area contributed by atoms with E-state index in [0.717, 1.165) is 78.3 Å². The van der Waals surface area contributed by atoms with Gasteiger partial charge in [0, 0.05) is 49.4 Å². The zero-order valence-electron chi connectivity index (χ0n) is 31.0. The third kappa shape index (κ3) is 6.31. The van der Waals surface area contributed by atoms with E-state index in [0.29, 0.717) is 39.8 Å². The number of fused-ring (bicyclic) bond motifs is 4. The number of hydrogen-bond acceptors (Lipinski definition) is 9. The number of anilines is 2. The molecular formula is C40H39Cl2F2N7O5. The van der Waals surface area contributed by atoms with Crippen molar-refractivity contribution in [2.45, 2.75) is 57.9 Å². The Morgan fingerprint density at radius 3 is 2.36 bits per heavy atom. The number of alkyl halides is 2. The van der Waals surface area contributed by atoms with Gasteiger partial charge >= 0.3 is 11.7 Å². The predicted octanol–water partition coefficient (Wildman–Crippen LogP) is 7.54. The van der Waals surface area contributed by atoms with Crippen molar-refractivity contribution in [2.24, 2.45) is 24.9 Å². The molecule has 2 bridgehead atoms. The molecule has 0 atom stereocenters. The first-order chi connectivity index (χ1) is 26.7. The zero-order chi connectivity index (χ0) is 39.7. The summed E-state index contributed by atoms with van der Waals surface area (Å²) in [5.74, 6) is -1.21. The lowest BCUT2D eigenvalue weighted by Gasteiger charge is -2.33. The number of hydrogen-bond donors (Lipinski definition) is 2. The number of pyridine rings is 1. The summed E-state index contributed by atoms with van der Waals surface area (Å²) in [5.41, 5.74) is 2.56. The molecule has 292 valence electrons. The van der Waals surface area contributed by atoms with Crippen LogP contribution in [-0.2, 0) is 31.9 Å². The lowest BCUT2D eigenvalue weighted by molar-refractivity contribution is -0.148. The smallest absolute Gasteiger partial charge is 0.332 e. The van der Waals surface area contributed by atoms with Crippen molar-refractivity contribution in [1.82, 2.24) is 29.0 Å². The van der Waals surface area contributed by atoms with E-state index >= 15 is 0 Å². The van der Waals surface area contributed by atoms with Crippen molar-refractivity contribution in [3.63, 3.8) is 0 Å². The third-order valence-electron chi connectivity index (χ3n) is 12.2. The average molecular weight is 807 g/mol. The molecule has 2 saturated carbocycles. The first-order valence-electron chi connectivity index (χ1n) is 18.4. The molecule has 8 rings (SSSR count). The highest BCUT2D eigenvalue weighted by Gasteiger charge is 2.57. The molecule has 1 aliphatic heterocycles. The van der Waals surface area contributed by atoms with Crippen molar-refractivity contribution in [3.8, 4) is 28.3 Å². The van der Waals surface area contributed by atoms with Crippen molar-refractivity contribution in [2.75, 3.05) is 25.5 Å². The second-order valence-electron chi connectivity index (χ2n) is 15.3. The van der Waals surface area contributed by atoms with Crippen LogP contribution in [0.1, 0.15) is 61.9 Å². The molecule has 3 aliphatic rings. The summed E-state index contributed by atoms with van der Waals surface area (Å²) < 4.78 is 35.5. The number of rotatable bonds is 10. The minimum atomic E-state index is -3.08. The molecule has 0 saturated heterocycles. The minimum Gasteiger partial charge on any atom is -0.481 e. The lowest BCUT2D eigenvalue weighted by atomic mass is 9.80. The van der Waals surface area contributed by atoms with Gasteiger partial charge in [0.05, 0.1) is 34.0 Å². The van der Waals surface area contributed by atoms with Gasteiger partial charge in [-0.3, -0.25) is 23.6 Å². The van der Waals surface area contributed by atoms with Gasteiger partial charge in [0.2, 0.25) is 5.88 Å². The molecule has 4 heterocycles. The topological polar surface area (TPSA) is 144 Å². The van der Waals surface area contributed by atoms with E-state index < -0.39 is 34.9 Å². The summed E-state index contributed by atoms with van der Waals surface area (Å²) >= 11 is 14.2. The molecule has 2 fully saturated rings. The number of carbonyl (C=O) groups is 1. The molecule has 12 nitrogen and oxygen atoms in total. The fourth-order valence-corrected chi connectivity index (χ4v) is 9.61. The van der Waals surface area contributed by atoms with E-state index in [9.17, 15) is 28.3 Å². The normalized spacial score (nSPS) is 20.5. The van der Waals surface area contributed by atoms with Crippen molar-refractivity contribution >= 4 is 51.7 Å². The number of nitrogens with zero attached hydrogens (tertiary/aromatic N) is 6. The van der Waals surface area contributed by atoms with Crippen LogP contribution in [0, 0.1) is 10.8 Å². The number of halogens is 4. The molecular weight excluding hydrogens is 767 g/mol. The minimum absolute atomic E-state index is 0.107. The van der Waals surface area contributed by atoms with Crippen molar-refractivity contribution in [3.05, 3.63) is 90.3 Å². The van der Waals surface area contributed by atoms with Gasteiger partial charge in [0.1, 0.15) is 11.2 Å². The van der Waals surface area contributed by atoms with Gasteiger partial charge in [-0.15, -0.1) is 0 Å². The monoisotopic (exact) mass is 805 g/mol. The molecule has 3 aromatic heterocycles. The molecule has 2 aliphatic carbocycles. The van der Waals surface area contributed by atoms with E-state index in [4.69, 9.17) is 32.9 Å². The number of aromatic nitrogens is 5. The Hall–Kier alpha value is -4.92. The van der Waals surface area contributed by atoms with E-state index in [1.54, 1.807) is 31.4 Å². The Bertz CT molecular complexity index is 2550. The molecule has 56 heavy (non-hydrogen) atoms.